The van der Waals surface area contributed by atoms with Crippen molar-refractivity contribution < 1.29 is 0 Å². The third-order valence-electron chi connectivity index (χ3n) is 5.48. The predicted octanol–water partition coefficient (Wildman–Crippen LogP) is 6.82. The van der Waals surface area contributed by atoms with Gasteiger partial charge in [-0.05, 0) is 28.1 Å². The van der Waals surface area contributed by atoms with Gasteiger partial charge in [-0.3, -0.25) is 0 Å². The summed E-state index contributed by atoms with van der Waals surface area (Å²) in [6.07, 6.45) is 4.80. The van der Waals surface area contributed by atoms with Gasteiger partial charge in [0.2, 0.25) is 0 Å². The molecule has 5 rings (SSSR count). The fourth-order valence-electron chi connectivity index (χ4n) is 3.99. The van der Waals surface area contributed by atoms with Crippen LogP contribution in [-0.4, -0.2) is 0 Å². The van der Waals surface area contributed by atoms with Gasteiger partial charge in [-0.2, -0.15) is 10.2 Å². The molecule has 0 saturated heterocycles. The fourth-order valence-corrected chi connectivity index (χ4v) is 3.99. The maximum atomic E-state index is 6.67. The minimum Gasteiger partial charge on any atom is -0.302 e. The zero-order valence-corrected chi connectivity index (χ0v) is 16.0. The maximum Gasteiger partial charge on any atom is 0.159 e. The molecule has 0 spiro atoms. The van der Waals surface area contributed by atoms with Crippen LogP contribution in [-0.2, 0) is 5.66 Å². The van der Waals surface area contributed by atoms with Gasteiger partial charge in [-0.25, -0.2) is 0 Å². The highest BCUT2D eigenvalue weighted by molar-refractivity contribution is 6.02. The van der Waals surface area contributed by atoms with Crippen LogP contribution in [0.2, 0.25) is 0 Å². The Bertz CT molecular complexity index is 1240. The van der Waals surface area contributed by atoms with Crippen LogP contribution in [0.3, 0.4) is 0 Å². The first-order valence-corrected chi connectivity index (χ1v) is 9.80. The van der Waals surface area contributed by atoms with Crippen molar-refractivity contribution >= 4 is 22.5 Å². The SMILES string of the molecule is NC1(N=Nc2ccc(-c3ccccc3)c3ccccc23)CC=Cc2ccccc21. The molecule has 0 saturated carbocycles. The zero-order valence-electron chi connectivity index (χ0n) is 16.0. The van der Waals surface area contributed by atoms with Crippen molar-refractivity contribution in [3.05, 3.63) is 108 Å². The lowest BCUT2D eigenvalue weighted by Gasteiger charge is -2.27. The second-order valence-electron chi connectivity index (χ2n) is 7.36. The van der Waals surface area contributed by atoms with E-state index in [1.807, 2.05) is 36.4 Å². The number of nitrogens with zero attached hydrogens (tertiary/aromatic N) is 2. The average molecular weight is 375 g/mol. The first-order chi connectivity index (χ1) is 14.2. The standard InChI is InChI=1S/C26H21N3/c27-26(18-8-12-20-11-4-7-15-24(20)26)29-28-25-17-16-21(19-9-2-1-3-10-19)22-13-5-6-14-23(22)25/h1-17H,18,27H2. The van der Waals surface area contributed by atoms with Gasteiger partial charge in [0.15, 0.2) is 5.66 Å². The van der Waals surface area contributed by atoms with Crippen LogP contribution in [0.15, 0.2) is 107 Å². The zero-order chi connectivity index (χ0) is 19.7. The summed E-state index contributed by atoms with van der Waals surface area (Å²) < 4.78 is 0. The topological polar surface area (TPSA) is 50.7 Å². The van der Waals surface area contributed by atoms with Gasteiger partial charge in [0.1, 0.15) is 0 Å². The molecule has 0 heterocycles. The molecule has 4 aromatic carbocycles. The van der Waals surface area contributed by atoms with Crippen molar-refractivity contribution in [3.63, 3.8) is 0 Å². The molecule has 1 aliphatic rings. The predicted molar refractivity (Wildman–Crippen MR) is 120 cm³/mol. The van der Waals surface area contributed by atoms with E-state index in [9.17, 15) is 0 Å². The lowest BCUT2D eigenvalue weighted by Crippen LogP contribution is -2.35. The highest BCUT2D eigenvalue weighted by Gasteiger charge is 2.30. The number of azo groups is 1. The molecule has 2 N–H and O–H groups in total. The average Bonchev–Trinajstić information content (AvgIpc) is 2.78. The van der Waals surface area contributed by atoms with Gasteiger partial charge in [0.25, 0.3) is 0 Å². The number of benzene rings is 4. The van der Waals surface area contributed by atoms with Crippen LogP contribution in [0, 0.1) is 0 Å². The molecule has 29 heavy (non-hydrogen) atoms. The quantitative estimate of drug-likeness (QED) is 0.392. The molecule has 0 aliphatic heterocycles. The van der Waals surface area contributed by atoms with E-state index in [-0.39, 0.29) is 0 Å². The molecule has 1 unspecified atom stereocenters. The molecule has 4 aromatic rings. The molecule has 0 aromatic heterocycles. The molecule has 0 bridgehead atoms. The molecular formula is C26H21N3. The van der Waals surface area contributed by atoms with E-state index >= 15 is 0 Å². The summed E-state index contributed by atoms with van der Waals surface area (Å²) in [5.41, 5.74) is 11.1. The van der Waals surface area contributed by atoms with Crippen LogP contribution < -0.4 is 5.73 Å². The summed E-state index contributed by atoms with van der Waals surface area (Å²) in [6, 6.07) is 31.0. The van der Waals surface area contributed by atoms with Crippen LogP contribution in [0.4, 0.5) is 5.69 Å². The van der Waals surface area contributed by atoms with Crippen LogP contribution in [0.5, 0.6) is 0 Å². The van der Waals surface area contributed by atoms with E-state index in [0.29, 0.717) is 6.42 Å². The van der Waals surface area contributed by atoms with E-state index in [1.54, 1.807) is 0 Å². The number of hydrogen-bond donors (Lipinski definition) is 1. The lowest BCUT2D eigenvalue weighted by atomic mass is 9.88. The number of rotatable bonds is 3. The van der Waals surface area contributed by atoms with E-state index in [4.69, 9.17) is 5.73 Å². The third kappa shape index (κ3) is 3.16. The smallest absolute Gasteiger partial charge is 0.159 e. The minimum absolute atomic E-state index is 0.632. The van der Waals surface area contributed by atoms with E-state index < -0.39 is 5.66 Å². The molecular weight excluding hydrogens is 354 g/mol. The molecule has 0 amide bonds. The highest BCUT2D eigenvalue weighted by Crippen LogP contribution is 2.37. The number of hydrogen-bond acceptors (Lipinski definition) is 3. The Hall–Kier alpha value is -3.56. The van der Waals surface area contributed by atoms with Crippen molar-refractivity contribution in [1.29, 1.82) is 0 Å². The van der Waals surface area contributed by atoms with E-state index in [0.717, 1.165) is 27.6 Å². The van der Waals surface area contributed by atoms with Crippen molar-refractivity contribution in [2.24, 2.45) is 16.0 Å². The Morgan fingerprint density at radius 3 is 2.31 bits per heavy atom. The van der Waals surface area contributed by atoms with Gasteiger partial charge in [-0.15, -0.1) is 0 Å². The monoisotopic (exact) mass is 375 g/mol. The van der Waals surface area contributed by atoms with Gasteiger partial charge in [0, 0.05) is 17.4 Å². The van der Waals surface area contributed by atoms with Crippen molar-refractivity contribution in [2.75, 3.05) is 0 Å². The maximum absolute atomic E-state index is 6.67. The number of fused-ring (bicyclic) bond motifs is 2. The Balaban J connectivity index is 1.60. The molecule has 3 nitrogen and oxygen atoms in total. The third-order valence-corrected chi connectivity index (χ3v) is 5.48. The molecule has 3 heteroatoms. The molecule has 140 valence electrons. The summed E-state index contributed by atoms with van der Waals surface area (Å²) in [4.78, 5) is 0. The Morgan fingerprint density at radius 1 is 0.724 bits per heavy atom. The van der Waals surface area contributed by atoms with Crippen molar-refractivity contribution in [3.8, 4) is 11.1 Å². The molecule has 1 aliphatic carbocycles. The summed E-state index contributed by atoms with van der Waals surface area (Å²) >= 11 is 0. The Kier molecular flexibility index (Phi) is 4.30. The first-order valence-electron chi connectivity index (χ1n) is 9.80. The number of nitrogens with two attached hydrogens (primary N) is 1. The minimum atomic E-state index is -0.843. The summed E-state index contributed by atoms with van der Waals surface area (Å²) in [7, 11) is 0. The van der Waals surface area contributed by atoms with Gasteiger partial charge in [0.05, 0.1) is 5.69 Å². The van der Waals surface area contributed by atoms with E-state index in [2.05, 4.69) is 77.0 Å². The summed E-state index contributed by atoms with van der Waals surface area (Å²) in [5.74, 6) is 0. The highest BCUT2D eigenvalue weighted by atomic mass is 15.2. The van der Waals surface area contributed by atoms with E-state index in [1.165, 1.54) is 11.1 Å². The van der Waals surface area contributed by atoms with Crippen LogP contribution in [0.25, 0.3) is 28.0 Å². The second-order valence-corrected chi connectivity index (χ2v) is 7.36. The fraction of sp³-hybridized carbons (Fsp3) is 0.0769. The van der Waals surface area contributed by atoms with Crippen molar-refractivity contribution in [1.82, 2.24) is 0 Å². The van der Waals surface area contributed by atoms with Gasteiger partial charge in [-0.1, -0.05) is 97.1 Å². The van der Waals surface area contributed by atoms with Crippen LogP contribution >= 0.6 is 0 Å². The summed E-state index contributed by atoms with van der Waals surface area (Å²) in [5, 5.41) is 11.5. The molecule has 0 radical (unpaired) electrons. The van der Waals surface area contributed by atoms with Gasteiger partial charge < -0.3 is 5.73 Å². The second kappa shape index (κ2) is 7.12. The van der Waals surface area contributed by atoms with Gasteiger partial charge >= 0.3 is 0 Å². The first kappa shape index (κ1) is 17.5. The molecule has 0 fully saturated rings. The van der Waals surface area contributed by atoms with Crippen LogP contribution in [0.1, 0.15) is 17.5 Å². The normalized spacial score (nSPS) is 18.2. The lowest BCUT2D eigenvalue weighted by molar-refractivity contribution is 0.447. The van der Waals surface area contributed by atoms with Crippen molar-refractivity contribution in [2.45, 2.75) is 12.1 Å². The molecule has 1 atom stereocenters. The largest absolute Gasteiger partial charge is 0.302 e. The summed E-state index contributed by atoms with van der Waals surface area (Å²) in [6.45, 7) is 0. The Morgan fingerprint density at radius 2 is 1.45 bits per heavy atom. The Labute approximate surface area is 170 Å².